The van der Waals surface area contributed by atoms with Gasteiger partial charge in [0.2, 0.25) is 0 Å². The number of anilines is 4. The molecule has 1 aliphatic carbocycles. The molecule has 0 aromatic heterocycles. The van der Waals surface area contributed by atoms with E-state index in [1.165, 1.54) is 0 Å². The molecule has 0 spiro atoms. The van der Waals surface area contributed by atoms with Gasteiger partial charge in [-0.3, -0.25) is 0 Å². The number of nitrogens with one attached hydrogen (secondary N) is 4. The molecule has 0 bridgehead atoms. The fourth-order valence-electron chi connectivity index (χ4n) is 6.71. The lowest BCUT2D eigenvalue weighted by Crippen LogP contribution is -2.52. The van der Waals surface area contributed by atoms with E-state index in [1.54, 1.807) is 0 Å². The van der Waals surface area contributed by atoms with Gasteiger partial charge in [-0.2, -0.15) is 0 Å². The van der Waals surface area contributed by atoms with Crippen LogP contribution in [0.4, 0.5) is 22.7 Å². The molecule has 1 fully saturated rings. The topological polar surface area (TPSA) is 88.6 Å². The van der Waals surface area contributed by atoms with E-state index in [0.29, 0.717) is 0 Å². The minimum absolute atomic E-state index is 0.253. The predicted octanol–water partition coefficient (Wildman–Crippen LogP) is 5.74. The molecule has 4 aromatic rings. The van der Waals surface area contributed by atoms with Crippen LogP contribution in [0.3, 0.4) is 0 Å². The summed E-state index contributed by atoms with van der Waals surface area (Å²) in [5, 5.41) is 41.6. The molecular formula is C30H32N4O2. The van der Waals surface area contributed by atoms with Crippen molar-refractivity contribution in [3.8, 4) is 0 Å². The highest BCUT2D eigenvalue weighted by molar-refractivity contribution is 6.08. The smallest absolute Gasteiger partial charge is 0.102 e. The van der Waals surface area contributed by atoms with Crippen molar-refractivity contribution < 1.29 is 10.2 Å². The molecule has 6 heteroatoms. The van der Waals surface area contributed by atoms with Gasteiger partial charge in [0.05, 0.1) is 12.2 Å². The van der Waals surface area contributed by atoms with Crippen LogP contribution in [0.1, 0.15) is 50.7 Å². The Labute approximate surface area is 210 Å². The predicted molar refractivity (Wildman–Crippen MR) is 148 cm³/mol. The van der Waals surface area contributed by atoms with Gasteiger partial charge < -0.3 is 31.5 Å². The molecule has 2 heterocycles. The Morgan fingerprint density at radius 2 is 0.889 bits per heavy atom. The van der Waals surface area contributed by atoms with Gasteiger partial charge in [-0.1, -0.05) is 36.4 Å². The van der Waals surface area contributed by atoms with Gasteiger partial charge in [-0.15, -0.1) is 0 Å². The maximum Gasteiger partial charge on any atom is 0.102 e. The van der Waals surface area contributed by atoms with Crippen LogP contribution in [0.25, 0.3) is 21.5 Å². The summed E-state index contributed by atoms with van der Waals surface area (Å²) in [6, 6.07) is 20.7. The molecule has 4 aromatic carbocycles. The molecule has 0 radical (unpaired) electrons. The second kappa shape index (κ2) is 7.05. The Balaban J connectivity index is 1.29. The summed E-state index contributed by atoms with van der Waals surface area (Å²) >= 11 is 0. The number of aliphatic hydroxyl groups excluding tert-OH is 2. The number of hydrogen-bond acceptors (Lipinski definition) is 6. The molecule has 3 aliphatic rings. The van der Waals surface area contributed by atoms with Crippen molar-refractivity contribution in [2.24, 2.45) is 0 Å². The Hall–Kier alpha value is -3.48. The summed E-state index contributed by atoms with van der Waals surface area (Å²) in [5.74, 6) is -0.703. The first-order valence-corrected chi connectivity index (χ1v) is 12.7. The molecule has 7 rings (SSSR count). The highest BCUT2D eigenvalue weighted by Crippen LogP contribution is 2.53. The van der Waals surface area contributed by atoms with E-state index in [1.807, 2.05) is 12.1 Å². The number of hydrogen-bond donors (Lipinski definition) is 6. The Morgan fingerprint density at radius 1 is 0.528 bits per heavy atom. The van der Waals surface area contributed by atoms with Crippen molar-refractivity contribution in [1.82, 2.24) is 0 Å². The zero-order valence-corrected chi connectivity index (χ0v) is 21.0. The number of benzene rings is 4. The lowest BCUT2D eigenvalue weighted by molar-refractivity contribution is -0.0775. The highest BCUT2D eigenvalue weighted by atomic mass is 16.3. The maximum absolute atomic E-state index is 11.5. The lowest BCUT2D eigenvalue weighted by atomic mass is 9.62. The number of aliphatic hydroxyl groups is 2. The van der Waals surface area contributed by atoms with Crippen LogP contribution >= 0.6 is 0 Å². The minimum atomic E-state index is -0.684. The van der Waals surface area contributed by atoms with E-state index in [-0.39, 0.29) is 23.2 Å². The molecule has 6 nitrogen and oxygen atoms in total. The van der Waals surface area contributed by atoms with Gasteiger partial charge in [0.25, 0.3) is 0 Å². The zero-order chi connectivity index (χ0) is 25.0. The van der Waals surface area contributed by atoms with E-state index in [9.17, 15) is 10.2 Å². The SMILES string of the molecule is CC1(C)Nc2cccc3c(C4C(O)C(c5ccc6c7c(cccc57)NC(C)(C)N6)C4O)ccc(c23)N1. The van der Waals surface area contributed by atoms with Crippen molar-refractivity contribution >= 4 is 44.3 Å². The van der Waals surface area contributed by atoms with E-state index in [0.717, 1.165) is 55.4 Å². The number of rotatable bonds is 2. The summed E-state index contributed by atoms with van der Waals surface area (Å²) in [4.78, 5) is 0. The fourth-order valence-corrected chi connectivity index (χ4v) is 6.71. The standard InChI is InChI=1S/C30H32N4O2/c1-29(2)31-19-9-5-7-15-17(11-13-21(33-29)23(15)19)25-27(35)26(28(25)36)18-12-14-22-24-16(18)8-6-10-20(24)32-30(3,4)34-22/h5-14,25-28,31-36H,1-4H3. The minimum Gasteiger partial charge on any atom is -0.392 e. The van der Waals surface area contributed by atoms with Crippen LogP contribution in [0.15, 0.2) is 60.7 Å². The molecule has 184 valence electrons. The third kappa shape index (κ3) is 2.98. The largest absolute Gasteiger partial charge is 0.392 e. The summed E-state index contributed by atoms with van der Waals surface area (Å²) in [7, 11) is 0. The second-order valence-corrected chi connectivity index (χ2v) is 11.6. The third-order valence-electron chi connectivity index (χ3n) is 8.13. The van der Waals surface area contributed by atoms with Gasteiger partial charge >= 0.3 is 0 Å². The van der Waals surface area contributed by atoms with Gasteiger partial charge in [0.1, 0.15) is 11.3 Å². The van der Waals surface area contributed by atoms with E-state index in [2.05, 4.69) is 97.5 Å². The summed E-state index contributed by atoms with van der Waals surface area (Å²) in [5.41, 5.74) is 5.75. The quantitative estimate of drug-likeness (QED) is 0.219. The van der Waals surface area contributed by atoms with Crippen molar-refractivity contribution in [3.05, 3.63) is 71.8 Å². The highest BCUT2D eigenvalue weighted by Gasteiger charge is 2.51. The van der Waals surface area contributed by atoms with Crippen LogP contribution in [0.2, 0.25) is 0 Å². The Bertz CT molecular complexity index is 1410. The third-order valence-corrected chi connectivity index (χ3v) is 8.13. The average Bonchev–Trinajstić information content (AvgIpc) is 2.81. The molecule has 36 heavy (non-hydrogen) atoms. The molecule has 2 aliphatic heterocycles. The van der Waals surface area contributed by atoms with Crippen LogP contribution < -0.4 is 21.3 Å². The maximum atomic E-state index is 11.5. The first-order valence-electron chi connectivity index (χ1n) is 12.7. The average molecular weight is 481 g/mol. The molecule has 1 saturated carbocycles. The normalized spacial score (nSPS) is 26.8. The molecular weight excluding hydrogens is 448 g/mol. The Kier molecular flexibility index (Phi) is 4.27. The summed E-state index contributed by atoms with van der Waals surface area (Å²) in [6.45, 7) is 8.44. The van der Waals surface area contributed by atoms with E-state index < -0.39 is 12.2 Å². The van der Waals surface area contributed by atoms with Gasteiger partial charge in [0.15, 0.2) is 0 Å². The molecule has 0 atom stereocenters. The lowest BCUT2D eigenvalue weighted by Gasteiger charge is -2.48. The summed E-state index contributed by atoms with van der Waals surface area (Å²) in [6.07, 6.45) is -1.37. The van der Waals surface area contributed by atoms with Gasteiger partial charge in [0, 0.05) is 45.4 Å². The van der Waals surface area contributed by atoms with Crippen molar-refractivity contribution in [2.45, 2.75) is 63.1 Å². The molecule has 0 unspecified atom stereocenters. The van der Waals surface area contributed by atoms with Crippen LogP contribution in [0.5, 0.6) is 0 Å². The van der Waals surface area contributed by atoms with Crippen molar-refractivity contribution in [3.63, 3.8) is 0 Å². The van der Waals surface area contributed by atoms with Crippen molar-refractivity contribution in [1.29, 1.82) is 0 Å². The first-order chi connectivity index (χ1) is 17.1. The zero-order valence-electron chi connectivity index (χ0n) is 21.0. The second-order valence-electron chi connectivity index (χ2n) is 11.6. The van der Waals surface area contributed by atoms with E-state index >= 15 is 0 Å². The van der Waals surface area contributed by atoms with Crippen molar-refractivity contribution in [2.75, 3.05) is 21.3 Å². The molecule has 0 amide bonds. The monoisotopic (exact) mass is 480 g/mol. The summed E-state index contributed by atoms with van der Waals surface area (Å²) < 4.78 is 0. The molecule has 0 saturated heterocycles. The molecule has 6 N–H and O–H groups in total. The van der Waals surface area contributed by atoms with Crippen LogP contribution in [-0.2, 0) is 0 Å². The van der Waals surface area contributed by atoms with E-state index in [4.69, 9.17) is 0 Å². The Morgan fingerprint density at radius 3 is 1.28 bits per heavy atom. The van der Waals surface area contributed by atoms with Gasteiger partial charge in [-0.05, 0) is 73.9 Å². The van der Waals surface area contributed by atoms with Crippen LogP contribution in [0, 0.1) is 0 Å². The van der Waals surface area contributed by atoms with Gasteiger partial charge in [-0.25, -0.2) is 0 Å². The first kappa shape index (κ1) is 21.8. The fraction of sp³-hybridized carbons (Fsp3) is 0.333. The van der Waals surface area contributed by atoms with Crippen LogP contribution in [-0.4, -0.2) is 33.7 Å².